The van der Waals surface area contributed by atoms with E-state index in [0.717, 1.165) is 4.47 Å². The van der Waals surface area contributed by atoms with Crippen molar-refractivity contribution in [1.29, 1.82) is 0 Å². The van der Waals surface area contributed by atoms with Gasteiger partial charge in [0.25, 0.3) is 5.91 Å². The number of ether oxygens (including phenoxy) is 1. The van der Waals surface area contributed by atoms with E-state index in [9.17, 15) is 9.90 Å². The standard InChI is InChI=1S/C14H18BrNO3/c1-9(2)19-13-6-10(5-11(15)7-13)14(18)16-4-3-12(17)8-16/h5-7,9,12,17H,3-4,8H2,1-2H3/t12-/m1/s1. The molecule has 1 N–H and O–H groups in total. The van der Waals surface area contributed by atoms with E-state index in [1.54, 1.807) is 17.0 Å². The number of β-amino-alcohol motifs (C(OH)–C–C–N with tert-alkyl or cyclic N) is 1. The molecule has 0 aliphatic carbocycles. The maximum atomic E-state index is 12.3. The van der Waals surface area contributed by atoms with E-state index in [1.165, 1.54) is 0 Å². The quantitative estimate of drug-likeness (QED) is 0.927. The van der Waals surface area contributed by atoms with Crippen molar-refractivity contribution in [2.45, 2.75) is 32.5 Å². The van der Waals surface area contributed by atoms with Crippen LogP contribution in [0.2, 0.25) is 0 Å². The van der Waals surface area contributed by atoms with Crippen LogP contribution in [-0.4, -0.2) is 41.2 Å². The van der Waals surface area contributed by atoms with Crippen molar-refractivity contribution >= 4 is 21.8 Å². The molecule has 1 aromatic carbocycles. The second-order valence-corrected chi connectivity index (χ2v) is 5.95. The average molecular weight is 328 g/mol. The zero-order valence-corrected chi connectivity index (χ0v) is 12.7. The molecule has 0 radical (unpaired) electrons. The predicted octanol–water partition coefficient (Wildman–Crippen LogP) is 2.44. The van der Waals surface area contributed by atoms with Crippen LogP contribution in [0.4, 0.5) is 0 Å². The van der Waals surface area contributed by atoms with Crippen molar-refractivity contribution in [3.63, 3.8) is 0 Å². The molecule has 2 rings (SSSR count). The van der Waals surface area contributed by atoms with Gasteiger partial charge in [0.2, 0.25) is 0 Å². The summed E-state index contributed by atoms with van der Waals surface area (Å²) in [5, 5.41) is 9.50. The van der Waals surface area contributed by atoms with Gasteiger partial charge >= 0.3 is 0 Å². The SMILES string of the molecule is CC(C)Oc1cc(Br)cc(C(=O)N2CC[C@@H](O)C2)c1. The molecule has 4 nitrogen and oxygen atoms in total. The molecular weight excluding hydrogens is 310 g/mol. The lowest BCUT2D eigenvalue weighted by Gasteiger charge is -2.17. The molecule has 1 aliphatic heterocycles. The highest BCUT2D eigenvalue weighted by Gasteiger charge is 2.25. The van der Waals surface area contributed by atoms with Gasteiger partial charge in [0.1, 0.15) is 5.75 Å². The summed E-state index contributed by atoms with van der Waals surface area (Å²) in [5.41, 5.74) is 0.583. The third-order valence-electron chi connectivity index (χ3n) is 2.94. The first kappa shape index (κ1) is 14.3. The lowest BCUT2D eigenvalue weighted by Crippen LogP contribution is -2.29. The van der Waals surface area contributed by atoms with Crippen LogP contribution >= 0.6 is 15.9 Å². The van der Waals surface area contributed by atoms with Crippen molar-refractivity contribution in [2.24, 2.45) is 0 Å². The zero-order valence-electron chi connectivity index (χ0n) is 11.1. The molecule has 5 heteroatoms. The Balaban J connectivity index is 2.19. The van der Waals surface area contributed by atoms with Gasteiger partial charge < -0.3 is 14.7 Å². The Morgan fingerprint density at radius 1 is 1.47 bits per heavy atom. The first-order valence-electron chi connectivity index (χ1n) is 6.40. The Kier molecular flexibility index (Phi) is 4.47. The summed E-state index contributed by atoms with van der Waals surface area (Å²) >= 11 is 3.39. The van der Waals surface area contributed by atoms with Gasteiger partial charge in [-0.05, 0) is 38.5 Å². The largest absolute Gasteiger partial charge is 0.491 e. The van der Waals surface area contributed by atoms with Gasteiger partial charge in [0.05, 0.1) is 12.2 Å². The molecule has 1 atom stereocenters. The third kappa shape index (κ3) is 3.70. The molecule has 1 aromatic rings. The zero-order chi connectivity index (χ0) is 14.0. The molecule has 0 saturated carbocycles. The van der Waals surface area contributed by atoms with Crippen LogP contribution in [0.5, 0.6) is 5.75 Å². The van der Waals surface area contributed by atoms with Gasteiger partial charge in [0, 0.05) is 23.1 Å². The number of nitrogens with zero attached hydrogens (tertiary/aromatic N) is 1. The Labute approximate surface area is 121 Å². The van der Waals surface area contributed by atoms with Crippen LogP contribution in [0.1, 0.15) is 30.6 Å². The van der Waals surface area contributed by atoms with Crippen molar-refractivity contribution in [3.05, 3.63) is 28.2 Å². The van der Waals surface area contributed by atoms with Crippen molar-refractivity contribution in [2.75, 3.05) is 13.1 Å². The summed E-state index contributed by atoms with van der Waals surface area (Å²) in [7, 11) is 0. The fourth-order valence-corrected chi connectivity index (χ4v) is 2.61. The lowest BCUT2D eigenvalue weighted by molar-refractivity contribution is 0.0764. The minimum Gasteiger partial charge on any atom is -0.491 e. The molecule has 1 fully saturated rings. The molecule has 0 aromatic heterocycles. The molecule has 1 amide bonds. The maximum Gasteiger partial charge on any atom is 0.254 e. The van der Waals surface area contributed by atoms with E-state index >= 15 is 0 Å². The number of aliphatic hydroxyl groups is 1. The van der Waals surface area contributed by atoms with Crippen LogP contribution in [0, 0.1) is 0 Å². The summed E-state index contributed by atoms with van der Waals surface area (Å²) in [4.78, 5) is 14.0. The van der Waals surface area contributed by atoms with Crippen molar-refractivity contribution < 1.29 is 14.6 Å². The monoisotopic (exact) mass is 327 g/mol. The topological polar surface area (TPSA) is 49.8 Å². The van der Waals surface area contributed by atoms with Crippen molar-refractivity contribution in [3.8, 4) is 5.75 Å². The van der Waals surface area contributed by atoms with E-state index in [-0.39, 0.29) is 12.0 Å². The second kappa shape index (κ2) is 5.92. The highest BCUT2D eigenvalue weighted by molar-refractivity contribution is 9.10. The van der Waals surface area contributed by atoms with Crippen LogP contribution in [-0.2, 0) is 0 Å². The molecular formula is C14H18BrNO3. The van der Waals surface area contributed by atoms with Crippen LogP contribution in [0.3, 0.4) is 0 Å². The smallest absolute Gasteiger partial charge is 0.254 e. The number of likely N-dealkylation sites (tertiary alicyclic amines) is 1. The van der Waals surface area contributed by atoms with Gasteiger partial charge in [-0.15, -0.1) is 0 Å². The number of rotatable bonds is 3. The normalized spacial score (nSPS) is 19.0. The molecule has 1 saturated heterocycles. The van der Waals surface area contributed by atoms with E-state index in [0.29, 0.717) is 30.8 Å². The first-order valence-corrected chi connectivity index (χ1v) is 7.19. The van der Waals surface area contributed by atoms with Crippen LogP contribution in [0.25, 0.3) is 0 Å². The Morgan fingerprint density at radius 2 is 2.21 bits per heavy atom. The minimum absolute atomic E-state index is 0.0610. The Morgan fingerprint density at radius 3 is 2.79 bits per heavy atom. The highest BCUT2D eigenvalue weighted by atomic mass is 79.9. The van der Waals surface area contributed by atoms with E-state index in [1.807, 2.05) is 19.9 Å². The first-order chi connectivity index (χ1) is 8.95. The van der Waals surface area contributed by atoms with Gasteiger partial charge in [0.15, 0.2) is 0 Å². The number of amides is 1. The van der Waals surface area contributed by atoms with E-state index in [4.69, 9.17) is 4.74 Å². The molecule has 1 aliphatic rings. The molecule has 0 spiro atoms. The van der Waals surface area contributed by atoms with Gasteiger partial charge in [-0.2, -0.15) is 0 Å². The summed E-state index contributed by atoms with van der Waals surface area (Å²) < 4.78 is 6.43. The minimum atomic E-state index is -0.400. The number of hydrogen-bond donors (Lipinski definition) is 1. The predicted molar refractivity (Wildman–Crippen MR) is 76.4 cm³/mol. The third-order valence-corrected chi connectivity index (χ3v) is 3.40. The van der Waals surface area contributed by atoms with Gasteiger partial charge in [-0.25, -0.2) is 0 Å². The van der Waals surface area contributed by atoms with Crippen LogP contribution < -0.4 is 4.74 Å². The number of aliphatic hydroxyl groups excluding tert-OH is 1. The van der Waals surface area contributed by atoms with Crippen LogP contribution in [0.15, 0.2) is 22.7 Å². The summed E-state index contributed by atoms with van der Waals surface area (Å²) in [6, 6.07) is 5.37. The number of carbonyl (C=O) groups excluding carboxylic acids is 1. The summed E-state index contributed by atoms with van der Waals surface area (Å²) in [5.74, 6) is 0.610. The maximum absolute atomic E-state index is 12.3. The number of hydrogen-bond acceptors (Lipinski definition) is 3. The van der Waals surface area contributed by atoms with Crippen molar-refractivity contribution in [1.82, 2.24) is 4.90 Å². The van der Waals surface area contributed by atoms with E-state index < -0.39 is 6.10 Å². The number of halogens is 1. The summed E-state index contributed by atoms with van der Waals surface area (Å²) in [6.45, 7) is 4.90. The Bertz CT molecular complexity index is 476. The lowest BCUT2D eigenvalue weighted by atomic mass is 10.2. The number of carbonyl (C=O) groups is 1. The fraction of sp³-hybridized carbons (Fsp3) is 0.500. The molecule has 1 heterocycles. The van der Waals surface area contributed by atoms with E-state index in [2.05, 4.69) is 15.9 Å². The molecule has 19 heavy (non-hydrogen) atoms. The van der Waals surface area contributed by atoms with Gasteiger partial charge in [-0.3, -0.25) is 4.79 Å². The number of benzene rings is 1. The highest BCUT2D eigenvalue weighted by Crippen LogP contribution is 2.24. The second-order valence-electron chi connectivity index (χ2n) is 5.04. The summed E-state index contributed by atoms with van der Waals surface area (Å²) in [6.07, 6.45) is 0.308. The Hall–Kier alpha value is -1.07. The molecule has 104 valence electrons. The van der Waals surface area contributed by atoms with Gasteiger partial charge in [-0.1, -0.05) is 15.9 Å². The molecule has 0 bridgehead atoms. The average Bonchev–Trinajstić information content (AvgIpc) is 2.73. The molecule has 0 unspecified atom stereocenters. The fourth-order valence-electron chi connectivity index (χ4n) is 2.14.